The van der Waals surface area contributed by atoms with Crippen LogP contribution in [0.3, 0.4) is 0 Å². The van der Waals surface area contributed by atoms with E-state index in [2.05, 4.69) is 43.3 Å². The highest BCUT2D eigenvalue weighted by Gasteiger charge is 2.08. The number of hydrogen-bond acceptors (Lipinski definition) is 1. The van der Waals surface area contributed by atoms with Gasteiger partial charge in [-0.25, -0.2) is 0 Å². The molecule has 0 fully saturated rings. The van der Waals surface area contributed by atoms with Crippen LogP contribution >= 0.6 is 22.9 Å². The Labute approximate surface area is 103 Å². The molecule has 0 saturated carbocycles. The Morgan fingerprint density at radius 1 is 1.12 bits per heavy atom. The lowest BCUT2D eigenvalue weighted by atomic mass is 10.1. The van der Waals surface area contributed by atoms with Gasteiger partial charge in [0.25, 0.3) is 0 Å². The Morgan fingerprint density at radius 2 is 2.00 bits per heavy atom. The first-order valence-electron chi connectivity index (χ1n) is 5.26. The van der Waals surface area contributed by atoms with E-state index in [1.165, 1.54) is 31.3 Å². The minimum atomic E-state index is 0.580. The van der Waals surface area contributed by atoms with Crippen molar-refractivity contribution in [3.8, 4) is 0 Å². The van der Waals surface area contributed by atoms with Gasteiger partial charge in [-0.3, -0.25) is 0 Å². The Kier molecular flexibility index (Phi) is 2.38. The first kappa shape index (κ1) is 10.1. The van der Waals surface area contributed by atoms with E-state index >= 15 is 0 Å². The summed E-state index contributed by atoms with van der Waals surface area (Å²) in [6.07, 6.45) is 0. The largest absolute Gasteiger partial charge is 0.135 e. The van der Waals surface area contributed by atoms with Crippen molar-refractivity contribution in [1.82, 2.24) is 0 Å². The van der Waals surface area contributed by atoms with Crippen LogP contribution in [0.4, 0.5) is 0 Å². The summed E-state index contributed by atoms with van der Waals surface area (Å²) in [6, 6.07) is 13.0. The van der Waals surface area contributed by atoms with Crippen LogP contribution in [0.25, 0.3) is 20.2 Å². The number of halogens is 1. The van der Waals surface area contributed by atoms with Gasteiger partial charge in [-0.05, 0) is 30.7 Å². The van der Waals surface area contributed by atoms with Crippen molar-refractivity contribution >= 4 is 43.1 Å². The lowest BCUT2D eigenvalue weighted by Crippen LogP contribution is -1.78. The molecule has 0 unspecified atom stereocenters. The van der Waals surface area contributed by atoms with Crippen LogP contribution in [0.1, 0.15) is 11.1 Å². The summed E-state index contributed by atoms with van der Waals surface area (Å²) in [5.74, 6) is 0.580. The third-order valence-corrected chi connectivity index (χ3v) is 4.30. The third kappa shape index (κ3) is 1.43. The zero-order valence-corrected chi connectivity index (χ0v) is 10.5. The van der Waals surface area contributed by atoms with Crippen molar-refractivity contribution in [3.05, 3.63) is 47.5 Å². The summed E-state index contributed by atoms with van der Waals surface area (Å²) in [4.78, 5) is 0. The summed E-state index contributed by atoms with van der Waals surface area (Å²) >= 11 is 7.85. The molecule has 80 valence electrons. The molecule has 3 aromatic rings. The maximum Gasteiger partial charge on any atom is 0.0480 e. The molecule has 2 heteroatoms. The van der Waals surface area contributed by atoms with Gasteiger partial charge in [0, 0.05) is 26.1 Å². The smallest absolute Gasteiger partial charge is 0.0480 e. The van der Waals surface area contributed by atoms with Gasteiger partial charge in [-0.1, -0.05) is 23.8 Å². The van der Waals surface area contributed by atoms with Crippen molar-refractivity contribution < 1.29 is 0 Å². The van der Waals surface area contributed by atoms with Crippen molar-refractivity contribution in [2.24, 2.45) is 0 Å². The molecule has 0 radical (unpaired) electrons. The third-order valence-electron chi connectivity index (χ3n) is 2.88. The van der Waals surface area contributed by atoms with E-state index in [9.17, 15) is 0 Å². The number of thiophene rings is 1. The predicted octanol–water partition coefficient (Wildman–Crippen LogP) is 5.10. The molecule has 0 N–H and O–H groups in total. The molecular formula is C14H11ClS. The van der Waals surface area contributed by atoms with Crippen LogP contribution in [0.5, 0.6) is 0 Å². The van der Waals surface area contributed by atoms with Gasteiger partial charge in [0.15, 0.2) is 0 Å². The van der Waals surface area contributed by atoms with Gasteiger partial charge in [0.2, 0.25) is 0 Å². The molecule has 0 amide bonds. The SMILES string of the molecule is Cc1ccc2sc3cccc(CCl)c3c2c1. The Bertz CT molecular complexity index is 667. The molecular weight excluding hydrogens is 236 g/mol. The van der Waals surface area contributed by atoms with Crippen molar-refractivity contribution in [2.75, 3.05) is 0 Å². The van der Waals surface area contributed by atoms with Gasteiger partial charge >= 0.3 is 0 Å². The normalized spacial score (nSPS) is 11.4. The highest BCUT2D eigenvalue weighted by Crippen LogP contribution is 2.36. The standard InChI is InChI=1S/C14H11ClS/c1-9-5-6-12-11(7-9)14-10(8-15)3-2-4-13(14)16-12/h2-7H,8H2,1H3. The molecule has 0 nitrogen and oxygen atoms in total. The first-order valence-corrected chi connectivity index (χ1v) is 6.61. The van der Waals surface area contributed by atoms with Crippen molar-refractivity contribution in [2.45, 2.75) is 12.8 Å². The van der Waals surface area contributed by atoms with Gasteiger partial charge < -0.3 is 0 Å². The van der Waals surface area contributed by atoms with Crippen molar-refractivity contribution in [1.29, 1.82) is 0 Å². The second kappa shape index (κ2) is 3.76. The molecule has 0 aliphatic rings. The van der Waals surface area contributed by atoms with E-state index < -0.39 is 0 Å². The van der Waals surface area contributed by atoms with Crippen LogP contribution in [0.2, 0.25) is 0 Å². The average molecular weight is 247 g/mol. The molecule has 1 aromatic heterocycles. The number of hydrogen-bond donors (Lipinski definition) is 0. The minimum Gasteiger partial charge on any atom is -0.135 e. The lowest BCUT2D eigenvalue weighted by Gasteiger charge is -1.99. The lowest BCUT2D eigenvalue weighted by molar-refractivity contribution is 1.46. The Balaban J connectivity index is 2.54. The second-order valence-corrected chi connectivity index (χ2v) is 5.38. The second-order valence-electron chi connectivity index (χ2n) is 4.03. The zero-order valence-electron chi connectivity index (χ0n) is 8.96. The van der Waals surface area contributed by atoms with Crippen LogP contribution < -0.4 is 0 Å². The van der Waals surface area contributed by atoms with Gasteiger partial charge in [-0.2, -0.15) is 0 Å². The van der Waals surface area contributed by atoms with Crippen LogP contribution in [0.15, 0.2) is 36.4 Å². The van der Waals surface area contributed by atoms with Crippen molar-refractivity contribution in [3.63, 3.8) is 0 Å². The highest BCUT2D eigenvalue weighted by molar-refractivity contribution is 7.25. The zero-order chi connectivity index (χ0) is 11.1. The maximum atomic E-state index is 6.01. The predicted molar refractivity (Wildman–Crippen MR) is 73.6 cm³/mol. The fourth-order valence-corrected chi connectivity index (χ4v) is 3.48. The molecule has 0 spiro atoms. The summed E-state index contributed by atoms with van der Waals surface area (Å²) in [6.45, 7) is 2.13. The fourth-order valence-electron chi connectivity index (χ4n) is 2.13. The van der Waals surface area contributed by atoms with Crippen LogP contribution in [0, 0.1) is 6.92 Å². The molecule has 0 bridgehead atoms. The minimum absolute atomic E-state index is 0.580. The molecule has 2 aromatic carbocycles. The van der Waals surface area contributed by atoms with Crippen LogP contribution in [-0.2, 0) is 5.88 Å². The number of rotatable bonds is 1. The monoisotopic (exact) mass is 246 g/mol. The summed E-state index contributed by atoms with van der Waals surface area (Å²) < 4.78 is 2.68. The maximum absolute atomic E-state index is 6.01. The number of fused-ring (bicyclic) bond motifs is 3. The summed E-state index contributed by atoms with van der Waals surface area (Å²) in [7, 11) is 0. The molecule has 0 aliphatic heterocycles. The van der Waals surface area contributed by atoms with E-state index in [4.69, 9.17) is 11.6 Å². The average Bonchev–Trinajstić information content (AvgIpc) is 2.66. The quantitative estimate of drug-likeness (QED) is 0.524. The van der Waals surface area contributed by atoms with Gasteiger partial charge in [-0.15, -0.1) is 22.9 Å². The topological polar surface area (TPSA) is 0 Å². The number of alkyl halides is 1. The molecule has 1 heterocycles. The molecule has 3 rings (SSSR count). The molecule has 16 heavy (non-hydrogen) atoms. The highest BCUT2D eigenvalue weighted by atomic mass is 35.5. The van der Waals surface area contributed by atoms with E-state index in [1.54, 1.807) is 0 Å². The first-order chi connectivity index (χ1) is 7.79. The summed E-state index contributed by atoms with van der Waals surface area (Å²) in [5, 5.41) is 2.68. The van der Waals surface area contributed by atoms with E-state index in [1.807, 2.05) is 11.3 Å². The summed E-state index contributed by atoms with van der Waals surface area (Å²) in [5.41, 5.74) is 2.53. The molecule has 0 saturated heterocycles. The van der Waals surface area contributed by atoms with E-state index in [0.29, 0.717) is 5.88 Å². The van der Waals surface area contributed by atoms with Gasteiger partial charge in [0.1, 0.15) is 0 Å². The van der Waals surface area contributed by atoms with E-state index in [0.717, 1.165) is 0 Å². The molecule has 0 atom stereocenters. The van der Waals surface area contributed by atoms with E-state index in [-0.39, 0.29) is 0 Å². The number of aryl methyl sites for hydroxylation is 1. The Morgan fingerprint density at radius 3 is 2.81 bits per heavy atom. The molecule has 0 aliphatic carbocycles. The number of benzene rings is 2. The van der Waals surface area contributed by atoms with Crippen LogP contribution in [-0.4, -0.2) is 0 Å². The fraction of sp³-hybridized carbons (Fsp3) is 0.143. The van der Waals surface area contributed by atoms with Gasteiger partial charge in [0.05, 0.1) is 0 Å². The Hall–Kier alpha value is -1.05.